The number of carbonyl (C=O) groups excluding carboxylic acids is 3. The fourth-order valence-corrected chi connectivity index (χ4v) is 2.94. The Balaban J connectivity index is 1.92. The van der Waals surface area contributed by atoms with Crippen molar-refractivity contribution >= 4 is 29.4 Å². The average Bonchev–Trinajstić information content (AvgIpc) is 2.73. The van der Waals surface area contributed by atoms with Crippen molar-refractivity contribution in [3.05, 3.63) is 54.1 Å². The van der Waals surface area contributed by atoms with Gasteiger partial charge in [-0.15, -0.1) is 0 Å². The summed E-state index contributed by atoms with van der Waals surface area (Å²) < 4.78 is 0. The molecule has 9 nitrogen and oxygen atoms in total. The molecular formula is C22H26N4O5. The second-order valence-corrected chi connectivity index (χ2v) is 7.06. The van der Waals surface area contributed by atoms with Gasteiger partial charge in [0.1, 0.15) is 6.04 Å². The quantitative estimate of drug-likeness (QED) is 0.334. The predicted octanol–water partition coefficient (Wildman–Crippen LogP) is 0.820. The van der Waals surface area contributed by atoms with Gasteiger partial charge >= 0.3 is 5.97 Å². The largest absolute Gasteiger partial charge is 0.481 e. The minimum Gasteiger partial charge on any atom is -0.481 e. The molecule has 164 valence electrons. The van der Waals surface area contributed by atoms with E-state index < -0.39 is 36.3 Å². The molecule has 0 aromatic heterocycles. The van der Waals surface area contributed by atoms with Gasteiger partial charge in [-0.05, 0) is 41.7 Å². The number of nitrogens with one attached hydrogen (secondary N) is 2. The summed E-state index contributed by atoms with van der Waals surface area (Å²) in [7, 11) is 0. The van der Waals surface area contributed by atoms with Crippen molar-refractivity contribution in [1.29, 1.82) is 0 Å². The van der Waals surface area contributed by atoms with Crippen LogP contribution in [0.25, 0.3) is 11.1 Å². The number of nitrogens with two attached hydrogens (primary N) is 2. The molecule has 0 radical (unpaired) electrons. The van der Waals surface area contributed by atoms with E-state index in [-0.39, 0.29) is 19.3 Å². The lowest BCUT2D eigenvalue weighted by Gasteiger charge is -2.17. The number of hydrogen-bond donors (Lipinski definition) is 5. The maximum Gasteiger partial charge on any atom is 0.303 e. The third-order valence-electron chi connectivity index (χ3n) is 4.55. The first-order valence-electron chi connectivity index (χ1n) is 9.76. The van der Waals surface area contributed by atoms with Crippen molar-refractivity contribution in [3.8, 4) is 11.1 Å². The summed E-state index contributed by atoms with van der Waals surface area (Å²) in [6, 6.07) is 14.2. The highest BCUT2D eigenvalue weighted by Gasteiger charge is 2.21. The van der Waals surface area contributed by atoms with E-state index in [1.165, 1.54) is 0 Å². The molecular weight excluding hydrogens is 400 g/mol. The lowest BCUT2D eigenvalue weighted by molar-refractivity contribution is -0.138. The first-order chi connectivity index (χ1) is 14.7. The number of anilines is 1. The molecule has 2 rings (SSSR count). The molecule has 1 unspecified atom stereocenters. The third kappa shape index (κ3) is 8.17. The summed E-state index contributed by atoms with van der Waals surface area (Å²) in [4.78, 5) is 46.1. The van der Waals surface area contributed by atoms with Gasteiger partial charge in [-0.25, -0.2) is 0 Å². The minimum absolute atomic E-state index is 0.0967. The number of aryl methyl sites for hydroxylation is 1. The zero-order chi connectivity index (χ0) is 22.8. The molecule has 0 saturated heterocycles. The van der Waals surface area contributed by atoms with E-state index in [2.05, 4.69) is 10.6 Å². The average molecular weight is 426 g/mol. The number of amides is 3. The van der Waals surface area contributed by atoms with E-state index in [9.17, 15) is 19.2 Å². The molecule has 0 saturated carbocycles. The number of rotatable bonds is 11. The second kappa shape index (κ2) is 11.3. The molecule has 0 bridgehead atoms. The first-order valence-corrected chi connectivity index (χ1v) is 9.76. The van der Waals surface area contributed by atoms with Crippen molar-refractivity contribution in [3.63, 3.8) is 0 Å². The van der Waals surface area contributed by atoms with Gasteiger partial charge in [0.25, 0.3) is 0 Å². The molecule has 0 aliphatic rings. The Morgan fingerprint density at radius 1 is 0.968 bits per heavy atom. The summed E-state index contributed by atoms with van der Waals surface area (Å²) in [6.45, 7) is -0.391. The van der Waals surface area contributed by atoms with Gasteiger partial charge in [0.2, 0.25) is 17.7 Å². The summed E-state index contributed by atoms with van der Waals surface area (Å²) in [5.74, 6) is -2.88. The van der Waals surface area contributed by atoms with Gasteiger partial charge in [-0.1, -0.05) is 36.4 Å². The number of nitrogen functional groups attached to an aromatic ring is 1. The van der Waals surface area contributed by atoms with E-state index in [1.807, 2.05) is 48.5 Å². The highest BCUT2D eigenvalue weighted by molar-refractivity contribution is 5.90. The van der Waals surface area contributed by atoms with E-state index in [4.69, 9.17) is 16.6 Å². The standard InChI is InChI=1S/C22H26N4O5/c23-17-3-1-2-16(12-17)15-7-4-14(5-8-15)6-10-20(28)26-18(9-11-21(29)30)22(31)25-13-19(24)27/h1-5,7-8,12,18H,6,9-11,13,23H2,(H2,24,27)(H,25,31)(H,26,28)(H,29,30). The molecule has 0 heterocycles. The van der Waals surface area contributed by atoms with Crippen molar-refractivity contribution in [1.82, 2.24) is 10.6 Å². The van der Waals surface area contributed by atoms with E-state index in [0.29, 0.717) is 12.1 Å². The van der Waals surface area contributed by atoms with Gasteiger partial charge in [0.15, 0.2) is 0 Å². The van der Waals surface area contributed by atoms with Crippen LogP contribution in [0.3, 0.4) is 0 Å². The zero-order valence-corrected chi connectivity index (χ0v) is 17.0. The van der Waals surface area contributed by atoms with Crippen molar-refractivity contribution in [2.75, 3.05) is 12.3 Å². The molecule has 0 aliphatic heterocycles. The van der Waals surface area contributed by atoms with Gasteiger partial charge in [0.05, 0.1) is 6.54 Å². The number of primary amides is 1. The first kappa shape index (κ1) is 23.4. The molecule has 7 N–H and O–H groups in total. The fraction of sp³-hybridized carbons (Fsp3) is 0.273. The van der Waals surface area contributed by atoms with Crippen LogP contribution in [0.1, 0.15) is 24.8 Å². The van der Waals surface area contributed by atoms with Gasteiger partial charge in [-0.2, -0.15) is 0 Å². The number of carboxylic acid groups (broad SMARTS) is 1. The van der Waals surface area contributed by atoms with Crippen LogP contribution in [0.4, 0.5) is 5.69 Å². The van der Waals surface area contributed by atoms with Crippen LogP contribution in [0, 0.1) is 0 Å². The Hall–Kier alpha value is -3.88. The molecule has 0 spiro atoms. The van der Waals surface area contributed by atoms with Crippen LogP contribution in [0.2, 0.25) is 0 Å². The second-order valence-electron chi connectivity index (χ2n) is 7.06. The van der Waals surface area contributed by atoms with Gasteiger partial charge in [-0.3, -0.25) is 19.2 Å². The molecule has 1 atom stereocenters. The van der Waals surface area contributed by atoms with E-state index >= 15 is 0 Å². The normalized spacial score (nSPS) is 11.4. The number of carboxylic acids is 1. The van der Waals surface area contributed by atoms with Crippen molar-refractivity contribution in [2.24, 2.45) is 5.73 Å². The lowest BCUT2D eigenvalue weighted by atomic mass is 10.0. The van der Waals surface area contributed by atoms with Crippen LogP contribution in [0.5, 0.6) is 0 Å². The highest BCUT2D eigenvalue weighted by atomic mass is 16.4. The zero-order valence-electron chi connectivity index (χ0n) is 17.0. The van der Waals surface area contributed by atoms with Crippen LogP contribution >= 0.6 is 0 Å². The maximum absolute atomic E-state index is 12.3. The number of carbonyl (C=O) groups is 4. The molecule has 0 aliphatic carbocycles. The Labute approximate surface area is 179 Å². The van der Waals surface area contributed by atoms with Crippen LogP contribution in [0.15, 0.2) is 48.5 Å². The Bertz CT molecular complexity index is 943. The fourth-order valence-electron chi connectivity index (χ4n) is 2.94. The number of aliphatic carboxylic acids is 1. The summed E-state index contributed by atoms with van der Waals surface area (Å²) >= 11 is 0. The molecule has 0 fully saturated rings. The van der Waals surface area contributed by atoms with Crippen LogP contribution in [-0.2, 0) is 25.6 Å². The summed E-state index contributed by atoms with van der Waals surface area (Å²) in [5, 5.41) is 13.7. The Kier molecular flexibility index (Phi) is 8.56. The van der Waals surface area contributed by atoms with Gasteiger partial charge in [0, 0.05) is 18.5 Å². The molecule has 2 aromatic carbocycles. The van der Waals surface area contributed by atoms with Crippen LogP contribution in [-0.4, -0.2) is 41.4 Å². The van der Waals surface area contributed by atoms with Crippen LogP contribution < -0.4 is 22.1 Å². The van der Waals surface area contributed by atoms with Crippen molar-refractivity contribution < 1.29 is 24.3 Å². The SMILES string of the molecule is NC(=O)CNC(=O)C(CCC(=O)O)NC(=O)CCc1ccc(-c2cccc(N)c2)cc1. The van der Waals surface area contributed by atoms with E-state index in [0.717, 1.165) is 16.7 Å². The van der Waals surface area contributed by atoms with Gasteiger partial charge < -0.3 is 27.2 Å². The number of hydrogen-bond acceptors (Lipinski definition) is 5. The topological polar surface area (TPSA) is 165 Å². The number of benzene rings is 2. The highest BCUT2D eigenvalue weighted by Crippen LogP contribution is 2.22. The smallest absolute Gasteiger partial charge is 0.303 e. The summed E-state index contributed by atoms with van der Waals surface area (Å²) in [6.07, 6.45) is 0.156. The molecule has 9 heteroatoms. The Morgan fingerprint density at radius 3 is 2.29 bits per heavy atom. The third-order valence-corrected chi connectivity index (χ3v) is 4.55. The van der Waals surface area contributed by atoms with Crippen molar-refractivity contribution in [2.45, 2.75) is 31.7 Å². The predicted molar refractivity (Wildman–Crippen MR) is 116 cm³/mol. The monoisotopic (exact) mass is 426 g/mol. The molecule has 31 heavy (non-hydrogen) atoms. The maximum atomic E-state index is 12.3. The minimum atomic E-state index is -1.10. The Morgan fingerprint density at radius 2 is 1.68 bits per heavy atom. The summed E-state index contributed by atoms with van der Waals surface area (Å²) in [5.41, 5.74) is 14.4. The molecule has 3 amide bonds. The lowest BCUT2D eigenvalue weighted by Crippen LogP contribution is -2.48. The molecule has 2 aromatic rings. The van der Waals surface area contributed by atoms with E-state index in [1.54, 1.807) is 0 Å².